The monoisotopic (exact) mass is 389 g/mol. The van der Waals surface area contributed by atoms with Gasteiger partial charge in [0.25, 0.3) is 0 Å². The van der Waals surface area contributed by atoms with Gasteiger partial charge in [-0.1, -0.05) is 6.07 Å². The van der Waals surface area contributed by atoms with Crippen molar-refractivity contribution in [2.75, 3.05) is 89.9 Å². The Morgan fingerprint density at radius 1 is 1.18 bits per heavy atom. The van der Waals surface area contributed by atoms with Crippen molar-refractivity contribution in [3.05, 3.63) is 23.8 Å². The van der Waals surface area contributed by atoms with Gasteiger partial charge in [0.1, 0.15) is 12.6 Å². The van der Waals surface area contributed by atoms with E-state index in [9.17, 15) is 0 Å². The zero-order chi connectivity index (χ0) is 19.4. The van der Waals surface area contributed by atoms with E-state index in [1.165, 1.54) is 41.7 Å². The molecule has 1 aromatic rings. The van der Waals surface area contributed by atoms with E-state index in [1.807, 2.05) is 6.07 Å². The maximum atomic E-state index is 6.06. The Morgan fingerprint density at radius 2 is 2.00 bits per heavy atom. The first-order chi connectivity index (χ1) is 13.6. The third-order valence-electron chi connectivity index (χ3n) is 6.67. The number of hydrogen-bond donors (Lipinski definition) is 1. The molecule has 4 rings (SSSR count). The van der Waals surface area contributed by atoms with Gasteiger partial charge in [0.2, 0.25) is 0 Å². The smallest absolute Gasteiger partial charge is 0.119 e. The molecule has 0 spiro atoms. The third-order valence-corrected chi connectivity index (χ3v) is 6.67. The summed E-state index contributed by atoms with van der Waals surface area (Å²) in [5.74, 6) is 0. The molecule has 3 aliphatic rings. The lowest BCUT2D eigenvalue weighted by atomic mass is 10.1. The summed E-state index contributed by atoms with van der Waals surface area (Å²) in [6.45, 7) is 11.3. The first-order valence-corrected chi connectivity index (χ1v) is 11.0. The van der Waals surface area contributed by atoms with Crippen LogP contribution in [0.25, 0.3) is 0 Å². The second-order valence-electron chi connectivity index (χ2n) is 8.99. The Balaban J connectivity index is 1.14. The summed E-state index contributed by atoms with van der Waals surface area (Å²) in [5.41, 5.74) is 9.49. The normalized spacial score (nSPS) is 24.6. The predicted octanol–water partition coefficient (Wildman–Crippen LogP) is 1.59. The van der Waals surface area contributed by atoms with Gasteiger partial charge in [-0.25, -0.2) is 0 Å². The summed E-state index contributed by atoms with van der Waals surface area (Å²) >= 11 is 0. The SMILES string of the molecule is C[N+]1(CC2CN(CCOCCN3CCc4ccc(N)cc43)CCO2)CCCC1. The van der Waals surface area contributed by atoms with Crippen LogP contribution in [0, 0.1) is 0 Å². The third kappa shape index (κ3) is 4.98. The van der Waals surface area contributed by atoms with Gasteiger partial charge in [-0.15, -0.1) is 0 Å². The van der Waals surface area contributed by atoms with Crippen LogP contribution in [0.4, 0.5) is 11.4 Å². The molecule has 6 heteroatoms. The van der Waals surface area contributed by atoms with Crippen molar-refractivity contribution >= 4 is 11.4 Å². The van der Waals surface area contributed by atoms with E-state index >= 15 is 0 Å². The number of fused-ring (bicyclic) bond motifs is 1. The number of hydrogen-bond acceptors (Lipinski definition) is 5. The number of morpholine rings is 1. The Kier molecular flexibility index (Phi) is 6.41. The topological polar surface area (TPSA) is 51.0 Å². The molecule has 28 heavy (non-hydrogen) atoms. The molecule has 1 unspecified atom stereocenters. The maximum absolute atomic E-state index is 6.06. The van der Waals surface area contributed by atoms with Crippen molar-refractivity contribution in [2.45, 2.75) is 25.4 Å². The van der Waals surface area contributed by atoms with E-state index in [4.69, 9.17) is 15.2 Å². The van der Waals surface area contributed by atoms with Crippen molar-refractivity contribution in [1.29, 1.82) is 0 Å². The number of ether oxygens (including phenoxy) is 2. The van der Waals surface area contributed by atoms with Crippen LogP contribution in [-0.4, -0.2) is 94.7 Å². The first-order valence-electron chi connectivity index (χ1n) is 11.0. The Hall–Kier alpha value is -1.34. The highest BCUT2D eigenvalue weighted by Crippen LogP contribution is 2.29. The minimum atomic E-state index is 0.378. The van der Waals surface area contributed by atoms with E-state index < -0.39 is 0 Å². The van der Waals surface area contributed by atoms with E-state index in [0.29, 0.717) is 6.10 Å². The van der Waals surface area contributed by atoms with Crippen LogP contribution >= 0.6 is 0 Å². The fourth-order valence-corrected chi connectivity index (χ4v) is 5.03. The quantitative estimate of drug-likeness (QED) is 0.416. The zero-order valence-electron chi connectivity index (χ0n) is 17.4. The van der Waals surface area contributed by atoms with Crippen molar-refractivity contribution in [1.82, 2.24) is 4.90 Å². The maximum Gasteiger partial charge on any atom is 0.119 e. The Bertz CT molecular complexity index is 647. The highest BCUT2D eigenvalue weighted by atomic mass is 16.5. The molecule has 6 nitrogen and oxygen atoms in total. The number of quaternary nitrogens is 1. The number of likely N-dealkylation sites (tertiary alicyclic amines) is 1. The van der Waals surface area contributed by atoms with Gasteiger partial charge in [-0.05, 0) is 24.1 Å². The molecule has 0 saturated carbocycles. The van der Waals surface area contributed by atoms with Crippen LogP contribution in [0.15, 0.2) is 18.2 Å². The van der Waals surface area contributed by atoms with Gasteiger partial charge in [0, 0.05) is 56.9 Å². The van der Waals surface area contributed by atoms with Crippen LogP contribution in [0.1, 0.15) is 18.4 Å². The van der Waals surface area contributed by atoms with Crippen LogP contribution in [0.2, 0.25) is 0 Å². The highest BCUT2D eigenvalue weighted by molar-refractivity contribution is 5.64. The molecule has 0 aliphatic carbocycles. The summed E-state index contributed by atoms with van der Waals surface area (Å²) in [4.78, 5) is 4.92. The zero-order valence-corrected chi connectivity index (χ0v) is 17.4. The number of nitrogens with two attached hydrogens (primary N) is 1. The average molecular weight is 390 g/mol. The summed E-state index contributed by atoms with van der Waals surface area (Å²) in [7, 11) is 2.39. The minimum Gasteiger partial charge on any atom is -0.399 e. The summed E-state index contributed by atoms with van der Waals surface area (Å²) in [5, 5.41) is 0. The molecule has 3 heterocycles. The molecule has 1 atom stereocenters. The first kappa shape index (κ1) is 20.0. The average Bonchev–Trinajstić information content (AvgIpc) is 3.28. The van der Waals surface area contributed by atoms with E-state index in [0.717, 1.165) is 71.2 Å². The lowest BCUT2D eigenvalue weighted by molar-refractivity contribution is -0.900. The summed E-state index contributed by atoms with van der Waals surface area (Å²) < 4.78 is 13.2. The van der Waals surface area contributed by atoms with Gasteiger partial charge in [-0.3, -0.25) is 4.90 Å². The van der Waals surface area contributed by atoms with Crippen molar-refractivity contribution in [3.8, 4) is 0 Å². The molecule has 2 saturated heterocycles. The number of nitrogens with zero attached hydrogens (tertiary/aromatic N) is 3. The second kappa shape index (κ2) is 8.99. The van der Waals surface area contributed by atoms with Gasteiger partial charge >= 0.3 is 0 Å². The van der Waals surface area contributed by atoms with E-state index in [-0.39, 0.29) is 0 Å². The lowest BCUT2D eigenvalue weighted by Gasteiger charge is -2.38. The largest absolute Gasteiger partial charge is 0.399 e. The second-order valence-corrected chi connectivity index (χ2v) is 8.99. The molecule has 1 aromatic carbocycles. The van der Waals surface area contributed by atoms with E-state index in [2.05, 4.69) is 29.0 Å². The predicted molar refractivity (Wildman–Crippen MR) is 114 cm³/mol. The molecule has 0 radical (unpaired) electrons. The summed E-state index contributed by atoms with van der Waals surface area (Å²) in [6, 6.07) is 6.26. The Labute approximate surface area is 169 Å². The number of anilines is 2. The molecule has 2 fully saturated rings. The molecular formula is C22H37N4O2+. The number of rotatable bonds is 8. The molecule has 0 amide bonds. The minimum absolute atomic E-state index is 0.378. The molecule has 0 bridgehead atoms. The fourth-order valence-electron chi connectivity index (χ4n) is 5.03. The van der Waals surface area contributed by atoms with Crippen molar-refractivity contribution < 1.29 is 14.0 Å². The van der Waals surface area contributed by atoms with Crippen LogP contribution in [0.3, 0.4) is 0 Å². The number of benzene rings is 1. The molecule has 0 aromatic heterocycles. The number of nitrogen functional groups attached to an aromatic ring is 1. The fraction of sp³-hybridized carbons (Fsp3) is 0.727. The van der Waals surface area contributed by atoms with Gasteiger partial charge in [0.05, 0.1) is 40.0 Å². The van der Waals surface area contributed by atoms with Crippen molar-refractivity contribution in [3.63, 3.8) is 0 Å². The van der Waals surface area contributed by atoms with Gasteiger partial charge in [0.15, 0.2) is 0 Å². The van der Waals surface area contributed by atoms with Gasteiger partial charge in [-0.2, -0.15) is 0 Å². The van der Waals surface area contributed by atoms with Crippen LogP contribution < -0.4 is 10.6 Å². The molecule has 3 aliphatic heterocycles. The number of likely N-dealkylation sites (N-methyl/N-ethyl adjacent to an activating group) is 1. The molecule has 2 N–H and O–H groups in total. The van der Waals surface area contributed by atoms with Gasteiger partial charge < -0.3 is 24.6 Å². The lowest BCUT2D eigenvalue weighted by Crippen LogP contribution is -2.53. The molecule has 156 valence electrons. The Morgan fingerprint density at radius 3 is 2.86 bits per heavy atom. The highest BCUT2D eigenvalue weighted by Gasteiger charge is 2.32. The van der Waals surface area contributed by atoms with E-state index in [1.54, 1.807) is 0 Å². The summed E-state index contributed by atoms with van der Waals surface area (Å²) in [6.07, 6.45) is 4.23. The van der Waals surface area contributed by atoms with Crippen LogP contribution in [0.5, 0.6) is 0 Å². The van der Waals surface area contributed by atoms with Crippen LogP contribution in [-0.2, 0) is 15.9 Å². The molecular weight excluding hydrogens is 352 g/mol. The standard InChI is InChI=1S/C22H37N4O2/c1-26(11-2-3-12-26)18-21-17-24(9-15-28-21)8-13-27-14-10-25-7-6-19-4-5-20(23)16-22(19)25/h4-5,16,21H,2-3,6-15,17-18,23H2,1H3/q+1. The van der Waals surface area contributed by atoms with Crippen molar-refractivity contribution in [2.24, 2.45) is 0 Å².